The average Bonchev–Trinajstić information content (AvgIpc) is 2.77. The molecular formula is C18H23NO2S. The molecule has 0 aliphatic carbocycles. The van der Waals surface area contributed by atoms with Crippen LogP contribution in [0.25, 0.3) is 0 Å². The van der Waals surface area contributed by atoms with Crippen molar-refractivity contribution in [1.82, 2.24) is 4.90 Å². The molecule has 3 nitrogen and oxygen atoms in total. The first kappa shape index (κ1) is 19.9. The second-order valence-corrected chi connectivity index (χ2v) is 4.09. The van der Waals surface area contributed by atoms with Crippen molar-refractivity contribution in [1.29, 1.82) is 0 Å². The van der Waals surface area contributed by atoms with E-state index in [2.05, 4.69) is 25.8 Å². The second kappa shape index (κ2) is 10.6. The van der Waals surface area contributed by atoms with Crippen molar-refractivity contribution in [2.45, 2.75) is 20.3 Å². The molecule has 0 unspecified atom stereocenters. The minimum atomic E-state index is -0.542. The highest BCUT2D eigenvalue weighted by molar-refractivity contribution is 7.79. The fraction of sp³-hybridized carbons (Fsp3) is 0.222. The van der Waals surface area contributed by atoms with Crippen LogP contribution < -0.4 is 0 Å². The Morgan fingerprint density at radius 2 is 1.86 bits per heavy atom. The Morgan fingerprint density at radius 1 is 1.23 bits per heavy atom. The molecule has 1 amide bonds. The summed E-state index contributed by atoms with van der Waals surface area (Å²) >= 11 is 3.53. The third-order valence-electron chi connectivity index (χ3n) is 2.80. The first-order valence-corrected chi connectivity index (χ1v) is 7.83. The normalized spacial score (nSPS) is 18.9. The molecular weight excluding hydrogens is 294 g/mol. The van der Waals surface area contributed by atoms with Gasteiger partial charge < -0.3 is 0 Å². The Labute approximate surface area is 138 Å². The van der Waals surface area contributed by atoms with Crippen LogP contribution in [0.5, 0.6) is 0 Å². The number of ketones is 1. The highest BCUT2D eigenvalue weighted by atomic mass is 32.1. The van der Waals surface area contributed by atoms with Gasteiger partial charge in [-0.3, -0.25) is 14.5 Å². The van der Waals surface area contributed by atoms with Crippen LogP contribution in [0.3, 0.4) is 0 Å². The van der Waals surface area contributed by atoms with E-state index in [0.717, 1.165) is 6.42 Å². The van der Waals surface area contributed by atoms with E-state index in [4.69, 9.17) is 0 Å². The van der Waals surface area contributed by atoms with Gasteiger partial charge in [0, 0.05) is 5.70 Å². The largest absolute Gasteiger partial charge is 0.304 e. The van der Waals surface area contributed by atoms with Gasteiger partial charge in [-0.15, -0.1) is 0 Å². The quantitative estimate of drug-likeness (QED) is 0.360. The number of thiol groups is 1. The van der Waals surface area contributed by atoms with E-state index in [1.807, 2.05) is 19.9 Å². The Kier molecular flexibility index (Phi) is 9.63. The monoisotopic (exact) mass is 317 g/mol. The Bertz CT molecular complexity index is 566. The topological polar surface area (TPSA) is 37.4 Å². The summed E-state index contributed by atoms with van der Waals surface area (Å²) in [6, 6.07) is 0. The molecule has 0 saturated carbocycles. The van der Waals surface area contributed by atoms with E-state index < -0.39 is 11.7 Å². The molecule has 1 saturated heterocycles. The second-order valence-electron chi connectivity index (χ2n) is 4.09. The van der Waals surface area contributed by atoms with E-state index in [1.165, 1.54) is 11.0 Å². The van der Waals surface area contributed by atoms with Crippen molar-refractivity contribution in [2.24, 2.45) is 0 Å². The van der Waals surface area contributed by atoms with E-state index in [1.54, 1.807) is 36.6 Å². The molecule has 0 aromatic heterocycles. The maximum absolute atomic E-state index is 12.2. The van der Waals surface area contributed by atoms with Gasteiger partial charge in [-0.1, -0.05) is 50.5 Å². The van der Waals surface area contributed by atoms with Crippen molar-refractivity contribution in [3.05, 3.63) is 72.7 Å². The number of amides is 1. The number of rotatable bonds is 5. The number of hydrogen-bond donors (Lipinski definition) is 1. The van der Waals surface area contributed by atoms with E-state index >= 15 is 0 Å². The highest BCUT2D eigenvalue weighted by Crippen LogP contribution is 2.30. The van der Waals surface area contributed by atoms with Crippen LogP contribution in [0.1, 0.15) is 20.3 Å². The van der Waals surface area contributed by atoms with Crippen LogP contribution in [0, 0.1) is 0 Å². The summed E-state index contributed by atoms with van der Waals surface area (Å²) in [6.07, 6.45) is 14.3. The Balaban J connectivity index is 0.00000211. The molecule has 0 bridgehead atoms. The lowest BCUT2D eigenvalue weighted by Gasteiger charge is -2.18. The predicted molar refractivity (Wildman–Crippen MR) is 96.5 cm³/mol. The molecule has 1 aliphatic heterocycles. The minimum Gasteiger partial charge on any atom is -0.283 e. The number of nitrogens with zero attached hydrogens (tertiary/aromatic N) is 1. The zero-order valence-corrected chi connectivity index (χ0v) is 14.3. The molecule has 0 aromatic carbocycles. The van der Waals surface area contributed by atoms with Gasteiger partial charge in [0.05, 0.1) is 11.3 Å². The van der Waals surface area contributed by atoms with Gasteiger partial charge in [-0.05, 0) is 31.8 Å². The number of carbonyl (C=O) groups excluding carboxylic acids is 2. The van der Waals surface area contributed by atoms with Gasteiger partial charge in [0.25, 0.3) is 5.78 Å². The van der Waals surface area contributed by atoms with Crippen LogP contribution in [0.2, 0.25) is 0 Å². The van der Waals surface area contributed by atoms with Crippen LogP contribution in [0.15, 0.2) is 72.7 Å². The molecule has 1 heterocycles. The predicted octanol–water partition coefficient (Wildman–Crippen LogP) is 4.00. The maximum atomic E-state index is 12.2. The van der Waals surface area contributed by atoms with Crippen LogP contribution >= 0.6 is 12.6 Å². The summed E-state index contributed by atoms with van der Waals surface area (Å²) < 4.78 is 0. The van der Waals surface area contributed by atoms with Crippen molar-refractivity contribution in [2.75, 3.05) is 6.26 Å². The molecule has 0 N–H and O–H groups in total. The molecule has 0 radical (unpaired) electrons. The number of carbonyl (C=O) groups is 2. The molecule has 1 aliphatic rings. The summed E-state index contributed by atoms with van der Waals surface area (Å²) in [5.41, 5.74) is 1.65. The summed E-state index contributed by atoms with van der Waals surface area (Å²) in [6.45, 7) is 11.0. The average molecular weight is 317 g/mol. The van der Waals surface area contributed by atoms with Gasteiger partial charge in [0.2, 0.25) is 0 Å². The van der Waals surface area contributed by atoms with Gasteiger partial charge >= 0.3 is 5.91 Å². The van der Waals surface area contributed by atoms with Crippen LogP contribution in [-0.4, -0.2) is 22.8 Å². The van der Waals surface area contributed by atoms with Gasteiger partial charge in [0.15, 0.2) is 0 Å². The van der Waals surface area contributed by atoms with Gasteiger partial charge in [-0.2, -0.15) is 12.6 Å². The third-order valence-corrected chi connectivity index (χ3v) is 2.80. The first-order valence-electron chi connectivity index (χ1n) is 6.94. The number of Topliss-reactive ketones (excluding diaryl/α,β-unsaturated/α-hetero) is 1. The van der Waals surface area contributed by atoms with Crippen LogP contribution in [-0.2, 0) is 9.59 Å². The third kappa shape index (κ3) is 4.46. The van der Waals surface area contributed by atoms with E-state index in [9.17, 15) is 9.59 Å². The fourth-order valence-corrected chi connectivity index (χ4v) is 1.96. The molecule has 1 rings (SSSR count). The zero-order valence-electron chi connectivity index (χ0n) is 13.4. The number of hydrogen-bond acceptors (Lipinski definition) is 3. The van der Waals surface area contributed by atoms with Crippen LogP contribution in [0.4, 0.5) is 0 Å². The smallest absolute Gasteiger partial charge is 0.283 e. The van der Waals surface area contributed by atoms with Gasteiger partial charge in [-0.25, -0.2) is 0 Å². The molecule has 118 valence electrons. The lowest BCUT2D eigenvalue weighted by Crippen LogP contribution is -2.25. The van der Waals surface area contributed by atoms with Crippen molar-refractivity contribution >= 4 is 24.3 Å². The summed E-state index contributed by atoms with van der Waals surface area (Å²) in [5.74, 6) is -1.05. The molecule has 0 spiro atoms. The lowest BCUT2D eigenvalue weighted by atomic mass is 10.1. The molecule has 0 atom stereocenters. The number of likely N-dealkylation sites (tertiary alicyclic amines) is 1. The zero-order chi connectivity index (χ0) is 17.1. The molecule has 22 heavy (non-hydrogen) atoms. The molecule has 4 heteroatoms. The van der Waals surface area contributed by atoms with Crippen molar-refractivity contribution in [3.63, 3.8) is 0 Å². The van der Waals surface area contributed by atoms with Gasteiger partial charge in [0.1, 0.15) is 0 Å². The lowest BCUT2D eigenvalue weighted by molar-refractivity contribution is -0.137. The minimum absolute atomic E-state index is 0.387. The Morgan fingerprint density at radius 3 is 2.32 bits per heavy atom. The highest BCUT2D eigenvalue weighted by Gasteiger charge is 2.39. The molecule has 0 aromatic rings. The SMILES string of the molecule is C=C/C=C\C(=C/C)N1C(=O)C(=O)C(=C/C=C)/C1=C\CC.CS. The van der Waals surface area contributed by atoms with Crippen molar-refractivity contribution in [3.8, 4) is 0 Å². The molecule has 1 fully saturated rings. The fourth-order valence-electron chi connectivity index (χ4n) is 1.96. The standard InChI is InChI=1S/C17H19NO2.CH4S/c1-5-9-12-13(8-4)18-15(11-7-3)14(10-6-2)16(19)17(18)20;1-2/h5-6,8-12H,1-2,7H2,3-4H3;2H,1H3/b12-9-,13-8+,14-10+,15-11+;. The maximum Gasteiger partial charge on any atom is 0.304 e. The van der Waals surface area contributed by atoms with Crippen molar-refractivity contribution < 1.29 is 9.59 Å². The Hall–Kier alpha value is -2.07. The van der Waals surface area contributed by atoms with E-state index in [-0.39, 0.29) is 0 Å². The first-order chi connectivity index (χ1) is 10.6. The summed E-state index contributed by atoms with van der Waals surface area (Å²) in [7, 11) is 0. The van der Waals surface area contributed by atoms with E-state index in [0.29, 0.717) is 17.0 Å². The summed E-state index contributed by atoms with van der Waals surface area (Å²) in [4.78, 5) is 25.7. The number of allylic oxidation sites excluding steroid dienone is 8. The summed E-state index contributed by atoms with van der Waals surface area (Å²) in [5, 5.41) is 0.